The highest BCUT2D eigenvalue weighted by Gasteiger charge is 2.19. The van der Waals surface area contributed by atoms with Gasteiger partial charge >= 0.3 is 0 Å². The number of piperazine rings is 1. The molecule has 2 aliphatic rings. The van der Waals surface area contributed by atoms with E-state index in [9.17, 15) is 4.79 Å². The van der Waals surface area contributed by atoms with Gasteiger partial charge in [0.25, 0.3) is 0 Å². The molecule has 2 saturated heterocycles. The molecule has 19 heavy (non-hydrogen) atoms. The van der Waals surface area contributed by atoms with Crippen molar-refractivity contribution in [3.8, 4) is 0 Å². The van der Waals surface area contributed by atoms with Crippen LogP contribution in [0.5, 0.6) is 0 Å². The Morgan fingerprint density at radius 3 is 1.95 bits per heavy atom. The lowest BCUT2D eigenvalue weighted by Crippen LogP contribution is -2.50. The first-order valence-corrected chi connectivity index (χ1v) is 8.42. The molecule has 1 amide bonds. The van der Waals surface area contributed by atoms with Crippen molar-refractivity contribution in [3.63, 3.8) is 0 Å². The summed E-state index contributed by atoms with van der Waals surface area (Å²) in [4.78, 5) is 18.7. The van der Waals surface area contributed by atoms with Gasteiger partial charge in [-0.3, -0.25) is 18.1 Å². The highest BCUT2D eigenvalue weighted by Crippen LogP contribution is 2.09. The number of likely N-dealkylation sites (tertiary alicyclic amines) is 1. The van der Waals surface area contributed by atoms with Gasteiger partial charge < -0.3 is 4.90 Å². The Bertz CT molecular complexity index is 276. The minimum absolute atomic E-state index is 0.113. The van der Waals surface area contributed by atoms with Gasteiger partial charge in [0.05, 0.1) is 29.4 Å². The number of carbonyl (C=O) groups is 1. The van der Waals surface area contributed by atoms with Crippen molar-refractivity contribution in [1.82, 2.24) is 18.2 Å². The second-order valence-corrected chi connectivity index (χ2v) is 6.08. The molecule has 0 unspecified atom stereocenters. The molecular weight excluding hydrogens is 355 g/mol. The number of hydrogen-bond acceptors (Lipinski definition) is 4. The summed E-state index contributed by atoms with van der Waals surface area (Å²) < 4.78 is 2.66. The molecule has 2 fully saturated rings. The molecule has 2 heterocycles. The molecule has 1 N–H and O–H groups in total. The average molecular weight is 380 g/mol. The maximum Gasteiger partial charge on any atom is 0.242 e. The molecule has 5 nitrogen and oxygen atoms in total. The van der Waals surface area contributed by atoms with E-state index in [4.69, 9.17) is 0 Å². The first kappa shape index (κ1) is 15.5. The highest BCUT2D eigenvalue weighted by atomic mass is 127. The monoisotopic (exact) mass is 380 g/mol. The molecule has 110 valence electrons. The van der Waals surface area contributed by atoms with E-state index >= 15 is 0 Å². The van der Waals surface area contributed by atoms with Gasteiger partial charge in [-0.2, -0.15) is 0 Å². The van der Waals surface area contributed by atoms with Gasteiger partial charge in [0, 0.05) is 39.3 Å². The number of nitrogens with zero attached hydrogens (tertiary/aromatic N) is 3. The molecule has 2 rings (SSSR count). The minimum Gasteiger partial charge on any atom is -0.302 e. The third kappa shape index (κ3) is 5.53. The zero-order valence-corrected chi connectivity index (χ0v) is 13.8. The van der Waals surface area contributed by atoms with Crippen LogP contribution in [0, 0.1) is 0 Å². The second-order valence-electron chi connectivity index (χ2n) is 5.54. The van der Waals surface area contributed by atoms with Gasteiger partial charge in [0.15, 0.2) is 0 Å². The zero-order chi connectivity index (χ0) is 13.5. The Labute approximate surface area is 130 Å². The summed E-state index contributed by atoms with van der Waals surface area (Å²) in [5.41, 5.74) is 0. The fraction of sp³-hybridized carbons (Fsp3) is 0.923. The summed E-state index contributed by atoms with van der Waals surface area (Å²) in [7, 11) is 0. The van der Waals surface area contributed by atoms with E-state index in [1.165, 1.54) is 45.4 Å². The van der Waals surface area contributed by atoms with Crippen LogP contribution in [0.1, 0.15) is 19.3 Å². The molecule has 2 aliphatic heterocycles. The predicted molar refractivity (Wildman–Crippen MR) is 85.3 cm³/mol. The normalized spacial score (nSPS) is 23.4. The lowest BCUT2D eigenvalue weighted by Gasteiger charge is -2.36. The molecule has 0 aromatic heterocycles. The Balaban J connectivity index is 1.59. The summed E-state index contributed by atoms with van der Waals surface area (Å²) in [6.45, 7) is 9.76. The fourth-order valence-electron chi connectivity index (χ4n) is 2.87. The minimum atomic E-state index is 0.113. The first-order valence-electron chi connectivity index (χ1n) is 7.34. The highest BCUT2D eigenvalue weighted by molar-refractivity contribution is 14.1. The molecular formula is C13H25IN4O. The van der Waals surface area contributed by atoms with E-state index in [0.29, 0.717) is 6.54 Å². The SMILES string of the molecule is O=C(CN1CCN(CCN2CCCCC2)CC1)NI. The third-order valence-corrected chi connectivity index (χ3v) is 4.72. The Kier molecular flexibility index (Phi) is 6.83. The molecule has 6 heteroatoms. The molecule has 0 aromatic rings. The van der Waals surface area contributed by atoms with Crippen molar-refractivity contribution in [2.45, 2.75) is 19.3 Å². The van der Waals surface area contributed by atoms with E-state index in [2.05, 4.69) is 18.2 Å². The van der Waals surface area contributed by atoms with E-state index < -0.39 is 0 Å². The summed E-state index contributed by atoms with van der Waals surface area (Å²) in [5, 5.41) is 0. The van der Waals surface area contributed by atoms with E-state index in [-0.39, 0.29) is 5.91 Å². The van der Waals surface area contributed by atoms with Gasteiger partial charge in [-0.1, -0.05) is 6.42 Å². The van der Waals surface area contributed by atoms with Gasteiger partial charge in [-0.15, -0.1) is 0 Å². The van der Waals surface area contributed by atoms with Gasteiger partial charge in [-0.25, -0.2) is 0 Å². The van der Waals surface area contributed by atoms with Gasteiger partial charge in [0.1, 0.15) is 0 Å². The first-order chi connectivity index (χ1) is 9.28. The smallest absolute Gasteiger partial charge is 0.242 e. The van der Waals surface area contributed by atoms with Crippen LogP contribution in [0.2, 0.25) is 0 Å². The van der Waals surface area contributed by atoms with Gasteiger partial charge in [-0.05, 0) is 25.9 Å². The number of halogens is 1. The van der Waals surface area contributed by atoms with Crippen molar-refractivity contribution >= 4 is 28.8 Å². The van der Waals surface area contributed by atoms with Crippen molar-refractivity contribution in [2.75, 3.05) is 58.9 Å². The van der Waals surface area contributed by atoms with Crippen LogP contribution in [0.3, 0.4) is 0 Å². The molecule has 0 spiro atoms. The molecule has 0 radical (unpaired) electrons. The molecule has 0 bridgehead atoms. The van der Waals surface area contributed by atoms with Crippen molar-refractivity contribution < 1.29 is 4.79 Å². The standard InChI is InChI=1S/C13H25IN4O/c14-15-13(19)12-18-10-8-17(9-11-18)7-6-16-4-2-1-3-5-16/h1-12H2,(H,15,19). The molecule has 0 saturated carbocycles. The molecule has 0 aliphatic carbocycles. The second kappa shape index (κ2) is 8.39. The molecule has 0 aromatic carbocycles. The van der Waals surface area contributed by atoms with Crippen molar-refractivity contribution in [1.29, 1.82) is 0 Å². The molecule has 0 atom stereocenters. The number of piperidine rings is 1. The number of amides is 1. The number of nitrogens with one attached hydrogen (secondary N) is 1. The van der Waals surface area contributed by atoms with E-state index in [1.807, 2.05) is 22.9 Å². The maximum atomic E-state index is 11.3. The average Bonchev–Trinajstić information content (AvgIpc) is 2.47. The summed E-state index contributed by atoms with van der Waals surface area (Å²) >= 11 is 1.91. The van der Waals surface area contributed by atoms with Crippen LogP contribution in [-0.4, -0.2) is 79.5 Å². The number of rotatable bonds is 5. The largest absolute Gasteiger partial charge is 0.302 e. The maximum absolute atomic E-state index is 11.3. The predicted octanol–water partition coefficient (Wildman–Crippen LogP) is 0.556. The Hall–Kier alpha value is 0.0800. The Morgan fingerprint density at radius 2 is 1.37 bits per heavy atom. The number of carbonyl (C=O) groups excluding carboxylic acids is 1. The van der Waals surface area contributed by atoms with E-state index in [1.54, 1.807) is 0 Å². The number of hydrogen-bond donors (Lipinski definition) is 1. The lowest BCUT2D eigenvalue weighted by atomic mass is 10.1. The lowest BCUT2D eigenvalue weighted by molar-refractivity contribution is -0.120. The Morgan fingerprint density at radius 1 is 0.842 bits per heavy atom. The van der Waals surface area contributed by atoms with E-state index in [0.717, 1.165) is 26.2 Å². The van der Waals surface area contributed by atoms with Crippen molar-refractivity contribution in [3.05, 3.63) is 0 Å². The van der Waals surface area contributed by atoms with Crippen LogP contribution < -0.4 is 3.53 Å². The third-order valence-electron chi connectivity index (χ3n) is 4.12. The quantitative estimate of drug-likeness (QED) is 0.559. The fourth-order valence-corrected chi connectivity index (χ4v) is 3.04. The van der Waals surface area contributed by atoms with Crippen LogP contribution in [0.25, 0.3) is 0 Å². The van der Waals surface area contributed by atoms with Gasteiger partial charge in [0.2, 0.25) is 5.91 Å². The summed E-state index contributed by atoms with van der Waals surface area (Å²) in [6, 6.07) is 0. The van der Waals surface area contributed by atoms with Crippen LogP contribution >= 0.6 is 22.9 Å². The van der Waals surface area contributed by atoms with Crippen LogP contribution in [0.4, 0.5) is 0 Å². The zero-order valence-electron chi connectivity index (χ0n) is 11.6. The van der Waals surface area contributed by atoms with Crippen LogP contribution in [-0.2, 0) is 4.79 Å². The van der Waals surface area contributed by atoms with Crippen LogP contribution in [0.15, 0.2) is 0 Å². The summed E-state index contributed by atoms with van der Waals surface area (Å²) in [5.74, 6) is 0.113. The topological polar surface area (TPSA) is 38.8 Å². The van der Waals surface area contributed by atoms with Crippen molar-refractivity contribution in [2.24, 2.45) is 0 Å². The summed E-state index contributed by atoms with van der Waals surface area (Å²) in [6.07, 6.45) is 4.16.